The van der Waals surface area contributed by atoms with Crippen molar-refractivity contribution < 1.29 is 4.74 Å². The van der Waals surface area contributed by atoms with Gasteiger partial charge in [-0.15, -0.1) is 0 Å². The van der Waals surface area contributed by atoms with Crippen molar-refractivity contribution in [2.24, 2.45) is 0 Å². The Labute approximate surface area is 128 Å². The van der Waals surface area contributed by atoms with E-state index in [1.165, 1.54) is 5.56 Å². The summed E-state index contributed by atoms with van der Waals surface area (Å²) in [7, 11) is 0. The summed E-state index contributed by atoms with van der Waals surface area (Å²) in [6, 6.07) is 13.8. The third-order valence-electron chi connectivity index (χ3n) is 2.87. The van der Waals surface area contributed by atoms with Crippen LogP contribution in [-0.4, -0.2) is 0 Å². The topological polar surface area (TPSA) is 35.2 Å². The van der Waals surface area contributed by atoms with Gasteiger partial charge in [0.2, 0.25) is 0 Å². The maximum Gasteiger partial charge on any atom is 0.140 e. The summed E-state index contributed by atoms with van der Waals surface area (Å²) in [5.74, 6) is 1.74. The molecule has 0 atom stereocenters. The van der Waals surface area contributed by atoms with Gasteiger partial charge in [0.15, 0.2) is 0 Å². The number of anilines is 1. The first kappa shape index (κ1) is 14.2. The van der Waals surface area contributed by atoms with E-state index in [1.54, 1.807) is 0 Å². The Hall–Kier alpha value is -1.23. The molecule has 2 nitrogen and oxygen atoms in total. The van der Waals surface area contributed by atoms with Crippen LogP contribution in [0.25, 0.3) is 0 Å². The van der Waals surface area contributed by atoms with Gasteiger partial charge in [-0.2, -0.15) is 0 Å². The van der Waals surface area contributed by atoms with Crippen LogP contribution in [0, 0.1) is 3.57 Å². The molecule has 0 heterocycles. The van der Waals surface area contributed by atoms with Crippen molar-refractivity contribution in [3.05, 3.63) is 51.6 Å². The second-order valence-electron chi connectivity index (χ2n) is 5.54. The molecule has 0 aliphatic carbocycles. The highest BCUT2D eigenvalue weighted by Gasteiger charge is 2.19. The Morgan fingerprint density at radius 3 is 2.32 bits per heavy atom. The van der Waals surface area contributed by atoms with Crippen LogP contribution in [0.15, 0.2) is 42.5 Å². The normalized spacial score (nSPS) is 11.4. The Morgan fingerprint density at radius 1 is 1.00 bits per heavy atom. The standard InChI is InChI=1S/C16H18INO/c1-16(2,3)12-6-4-5-7-14(12)19-15-9-8-11(18)10-13(15)17/h4-10H,18H2,1-3H3. The van der Waals surface area contributed by atoms with Crippen LogP contribution in [0.1, 0.15) is 26.3 Å². The minimum absolute atomic E-state index is 0.0514. The summed E-state index contributed by atoms with van der Waals surface area (Å²) in [6.45, 7) is 6.55. The molecule has 3 heteroatoms. The molecule has 0 amide bonds. The molecule has 0 aromatic heterocycles. The number of ether oxygens (including phenoxy) is 1. The number of nitrogens with two attached hydrogens (primary N) is 1. The fourth-order valence-corrected chi connectivity index (χ4v) is 2.54. The highest BCUT2D eigenvalue weighted by atomic mass is 127. The summed E-state index contributed by atoms with van der Waals surface area (Å²) in [5, 5.41) is 0. The SMILES string of the molecule is CC(C)(C)c1ccccc1Oc1ccc(N)cc1I. The van der Waals surface area contributed by atoms with E-state index in [0.717, 1.165) is 20.8 Å². The molecule has 2 aromatic rings. The van der Waals surface area contributed by atoms with Gasteiger partial charge in [0.1, 0.15) is 11.5 Å². The molecule has 0 aliphatic rings. The maximum absolute atomic E-state index is 6.06. The van der Waals surface area contributed by atoms with E-state index < -0.39 is 0 Å². The Morgan fingerprint density at radius 2 is 1.68 bits per heavy atom. The lowest BCUT2D eigenvalue weighted by Gasteiger charge is -2.22. The van der Waals surface area contributed by atoms with Crippen LogP contribution in [0.3, 0.4) is 0 Å². The third-order valence-corrected chi connectivity index (χ3v) is 3.71. The monoisotopic (exact) mass is 367 g/mol. The average molecular weight is 367 g/mol. The molecule has 100 valence electrons. The fourth-order valence-electron chi connectivity index (χ4n) is 1.89. The first-order chi connectivity index (χ1) is 8.88. The van der Waals surface area contributed by atoms with Crippen LogP contribution in [-0.2, 0) is 5.41 Å². The Balaban J connectivity index is 2.39. The van der Waals surface area contributed by atoms with E-state index in [-0.39, 0.29) is 5.41 Å². The van der Waals surface area contributed by atoms with Crippen molar-refractivity contribution in [3.8, 4) is 11.5 Å². The molecule has 0 fully saturated rings. The number of para-hydroxylation sites is 1. The second-order valence-corrected chi connectivity index (χ2v) is 6.70. The first-order valence-corrected chi connectivity index (χ1v) is 7.28. The van der Waals surface area contributed by atoms with E-state index >= 15 is 0 Å². The van der Waals surface area contributed by atoms with Crippen molar-refractivity contribution in [3.63, 3.8) is 0 Å². The molecular weight excluding hydrogens is 349 g/mol. The molecule has 0 saturated heterocycles. The minimum Gasteiger partial charge on any atom is -0.456 e. The summed E-state index contributed by atoms with van der Waals surface area (Å²) in [5.41, 5.74) is 7.76. The molecule has 0 radical (unpaired) electrons. The molecule has 0 spiro atoms. The van der Waals surface area contributed by atoms with Crippen molar-refractivity contribution in [1.29, 1.82) is 0 Å². The molecule has 0 bridgehead atoms. The van der Waals surface area contributed by atoms with Gasteiger partial charge in [0.25, 0.3) is 0 Å². The number of hydrogen-bond acceptors (Lipinski definition) is 2. The van der Waals surface area contributed by atoms with E-state index in [4.69, 9.17) is 10.5 Å². The van der Waals surface area contributed by atoms with Crippen LogP contribution < -0.4 is 10.5 Å². The van der Waals surface area contributed by atoms with Gasteiger partial charge < -0.3 is 10.5 Å². The van der Waals surface area contributed by atoms with Crippen molar-refractivity contribution in [1.82, 2.24) is 0 Å². The average Bonchev–Trinajstić information content (AvgIpc) is 2.32. The molecule has 2 N–H and O–H groups in total. The van der Waals surface area contributed by atoms with Crippen LogP contribution >= 0.6 is 22.6 Å². The number of rotatable bonds is 2. The quantitative estimate of drug-likeness (QED) is 0.601. The molecule has 0 unspecified atom stereocenters. The zero-order chi connectivity index (χ0) is 14.0. The predicted octanol–water partition coefficient (Wildman–Crippen LogP) is 4.96. The lowest BCUT2D eigenvalue weighted by Crippen LogP contribution is -2.12. The third kappa shape index (κ3) is 3.41. The number of benzene rings is 2. The van der Waals surface area contributed by atoms with E-state index in [0.29, 0.717) is 0 Å². The van der Waals surface area contributed by atoms with Crippen molar-refractivity contribution in [2.45, 2.75) is 26.2 Å². The summed E-state index contributed by atoms with van der Waals surface area (Å²) in [6.07, 6.45) is 0. The van der Waals surface area contributed by atoms with Gasteiger partial charge in [-0.3, -0.25) is 0 Å². The molecule has 0 saturated carbocycles. The Kier molecular flexibility index (Phi) is 4.04. The molecular formula is C16H18INO. The minimum atomic E-state index is 0.0514. The first-order valence-electron chi connectivity index (χ1n) is 6.20. The van der Waals surface area contributed by atoms with Gasteiger partial charge in [0, 0.05) is 11.3 Å². The smallest absolute Gasteiger partial charge is 0.140 e. The maximum atomic E-state index is 6.06. The van der Waals surface area contributed by atoms with Gasteiger partial charge >= 0.3 is 0 Å². The Bertz CT molecular complexity index is 588. The number of hydrogen-bond donors (Lipinski definition) is 1. The lowest BCUT2D eigenvalue weighted by molar-refractivity contribution is 0.453. The fraction of sp³-hybridized carbons (Fsp3) is 0.250. The molecule has 2 rings (SSSR count). The van der Waals surface area contributed by atoms with Gasteiger partial charge in [-0.25, -0.2) is 0 Å². The molecule has 2 aromatic carbocycles. The van der Waals surface area contributed by atoms with E-state index in [9.17, 15) is 0 Å². The van der Waals surface area contributed by atoms with Crippen LogP contribution in [0.2, 0.25) is 0 Å². The highest BCUT2D eigenvalue weighted by molar-refractivity contribution is 14.1. The van der Waals surface area contributed by atoms with E-state index in [2.05, 4.69) is 49.4 Å². The summed E-state index contributed by atoms with van der Waals surface area (Å²) >= 11 is 2.24. The lowest BCUT2D eigenvalue weighted by atomic mass is 9.86. The van der Waals surface area contributed by atoms with Crippen molar-refractivity contribution >= 4 is 28.3 Å². The van der Waals surface area contributed by atoms with Gasteiger partial charge in [0.05, 0.1) is 3.57 Å². The van der Waals surface area contributed by atoms with Crippen LogP contribution in [0.4, 0.5) is 5.69 Å². The number of nitrogen functional groups attached to an aromatic ring is 1. The zero-order valence-electron chi connectivity index (χ0n) is 11.4. The zero-order valence-corrected chi connectivity index (χ0v) is 13.6. The largest absolute Gasteiger partial charge is 0.456 e. The predicted molar refractivity (Wildman–Crippen MR) is 88.8 cm³/mol. The molecule has 0 aliphatic heterocycles. The van der Waals surface area contributed by atoms with Gasteiger partial charge in [-0.1, -0.05) is 39.0 Å². The number of halogens is 1. The van der Waals surface area contributed by atoms with Crippen molar-refractivity contribution in [2.75, 3.05) is 5.73 Å². The summed E-state index contributed by atoms with van der Waals surface area (Å²) in [4.78, 5) is 0. The second kappa shape index (κ2) is 5.41. The molecule has 19 heavy (non-hydrogen) atoms. The van der Waals surface area contributed by atoms with Gasteiger partial charge in [-0.05, 0) is 52.3 Å². The highest BCUT2D eigenvalue weighted by Crippen LogP contribution is 2.35. The van der Waals surface area contributed by atoms with Crippen LogP contribution in [0.5, 0.6) is 11.5 Å². The summed E-state index contributed by atoms with van der Waals surface area (Å²) < 4.78 is 7.07. The van der Waals surface area contributed by atoms with E-state index in [1.807, 2.05) is 36.4 Å².